The fourth-order valence-electron chi connectivity index (χ4n) is 3.45. The molecule has 0 spiro atoms. The molecule has 0 saturated carbocycles. The minimum Gasteiger partial charge on any atom is -0.495 e. The zero-order valence-electron chi connectivity index (χ0n) is 18.5. The molecule has 2 N–H and O–H groups in total. The normalized spacial score (nSPS) is 21.3. The van der Waals surface area contributed by atoms with Gasteiger partial charge < -0.3 is 20.1 Å². The third-order valence-electron chi connectivity index (χ3n) is 5.74. The summed E-state index contributed by atoms with van der Waals surface area (Å²) < 4.78 is 11.3. The van der Waals surface area contributed by atoms with E-state index in [2.05, 4.69) is 43.4 Å². The van der Waals surface area contributed by atoms with Crippen molar-refractivity contribution in [2.75, 3.05) is 32.6 Å². The highest BCUT2D eigenvalue weighted by Crippen LogP contribution is 2.35. The number of nitrogens with zero attached hydrogens (tertiary/aromatic N) is 1. The Bertz CT molecular complexity index is 702. The number of carbonyl (C=O) groups is 2. The number of likely N-dealkylation sites (tertiary alicyclic amines) is 1. The van der Waals surface area contributed by atoms with Crippen molar-refractivity contribution < 1.29 is 19.1 Å². The minimum atomic E-state index is -0.0693. The van der Waals surface area contributed by atoms with E-state index in [1.807, 2.05) is 25.1 Å². The molecule has 1 aromatic rings. The summed E-state index contributed by atoms with van der Waals surface area (Å²) >= 11 is 0. The van der Waals surface area contributed by atoms with Crippen LogP contribution in [0, 0.1) is 5.41 Å². The summed E-state index contributed by atoms with van der Waals surface area (Å²) in [5.74, 6) is 0.575. The Balaban J connectivity index is 1.89. The molecule has 3 atom stereocenters. The van der Waals surface area contributed by atoms with Crippen LogP contribution in [0.4, 0.5) is 5.69 Å². The van der Waals surface area contributed by atoms with Gasteiger partial charge in [-0.2, -0.15) is 0 Å². The quantitative estimate of drug-likeness (QED) is 0.650. The van der Waals surface area contributed by atoms with Crippen LogP contribution in [0.5, 0.6) is 5.75 Å². The van der Waals surface area contributed by atoms with Crippen LogP contribution in [0.3, 0.4) is 0 Å². The lowest BCUT2D eigenvalue weighted by atomic mass is 9.88. The molecule has 1 unspecified atom stereocenters. The third kappa shape index (κ3) is 6.44. The van der Waals surface area contributed by atoms with Gasteiger partial charge in [0.25, 0.3) is 0 Å². The van der Waals surface area contributed by atoms with Gasteiger partial charge >= 0.3 is 0 Å². The van der Waals surface area contributed by atoms with E-state index in [9.17, 15) is 9.59 Å². The fraction of sp³-hybridized carbons (Fsp3) is 0.636. The van der Waals surface area contributed by atoms with E-state index in [-0.39, 0.29) is 36.1 Å². The second kappa shape index (κ2) is 10.1. The Morgan fingerprint density at radius 3 is 2.66 bits per heavy atom. The zero-order valence-corrected chi connectivity index (χ0v) is 18.5. The van der Waals surface area contributed by atoms with E-state index in [4.69, 9.17) is 9.47 Å². The molecule has 1 aliphatic rings. The van der Waals surface area contributed by atoms with Crippen LogP contribution in [-0.4, -0.2) is 56.7 Å². The fourth-order valence-corrected chi connectivity index (χ4v) is 3.45. The molecule has 7 nitrogen and oxygen atoms in total. The number of likely N-dealkylation sites (N-methyl/N-ethyl adjacent to an activating group) is 1. The van der Waals surface area contributed by atoms with Crippen molar-refractivity contribution in [3.05, 3.63) is 23.8 Å². The number of hydrogen-bond acceptors (Lipinski definition) is 5. The van der Waals surface area contributed by atoms with Gasteiger partial charge in [0, 0.05) is 18.6 Å². The molecule has 2 rings (SSSR count). The highest BCUT2D eigenvalue weighted by Gasteiger charge is 2.29. The smallest absolute Gasteiger partial charge is 0.246 e. The summed E-state index contributed by atoms with van der Waals surface area (Å²) in [7, 11) is 3.65. The van der Waals surface area contributed by atoms with Gasteiger partial charge in [0.05, 0.1) is 18.9 Å². The molecule has 0 bridgehead atoms. The number of methoxy groups -OCH3 is 1. The van der Waals surface area contributed by atoms with Gasteiger partial charge in [0.15, 0.2) is 0 Å². The monoisotopic (exact) mass is 405 g/mol. The minimum absolute atomic E-state index is 0.0196. The molecule has 1 aliphatic heterocycles. The van der Waals surface area contributed by atoms with E-state index >= 15 is 0 Å². The molecule has 162 valence electrons. The molecular formula is C22H35N3O4. The lowest BCUT2D eigenvalue weighted by molar-refractivity contribution is -0.130. The SMILES string of the molecule is COc1cc([C@@H]2CC[C@H](OCC(=O)NC(C)C(C)(C)C)CN2C)ccc1NC=O. The third-order valence-corrected chi connectivity index (χ3v) is 5.74. The number of ether oxygens (including phenoxy) is 2. The lowest BCUT2D eigenvalue weighted by Crippen LogP contribution is -2.45. The average molecular weight is 406 g/mol. The number of benzene rings is 1. The molecule has 1 saturated heterocycles. The first-order valence-corrected chi connectivity index (χ1v) is 10.1. The van der Waals surface area contributed by atoms with Crippen LogP contribution in [0.2, 0.25) is 0 Å². The van der Waals surface area contributed by atoms with Crippen molar-refractivity contribution in [2.45, 2.75) is 58.7 Å². The second-order valence-corrected chi connectivity index (χ2v) is 8.84. The number of amides is 2. The lowest BCUT2D eigenvalue weighted by Gasteiger charge is -2.37. The van der Waals surface area contributed by atoms with Crippen LogP contribution in [0.1, 0.15) is 52.1 Å². The van der Waals surface area contributed by atoms with Gasteiger partial charge in [-0.25, -0.2) is 0 Å². The van der Waals surface area contributed by atoms with E-state index in [0.717, 1.165) is 24.9 Å². The van der Waals surface area contributed by atoms with Crippen molar-refractivity contribution in [1.29, 1.82) is 0 Å². The number of piperidine rings is 1. The van der Waals surface area contributed by atoms with Crippen LogP contribution < -0.4 is 15.4 Å². The highest BCUT2D eigenvalue weighted by molar-refractivity contribution is 5.77. The molecule has 0 radical (unpaired) electrons. The van der Waals surface area contributed by atoms with Gasteiger partial charge in [0.2, 0.25) is 12.3 Å². The van der Waals surface area contributed by atoms with Crippen molar-refractivity contribution in [3.63, 3.8) is 0 Å². The van der Waals surface area contributed by atoms with Gasteiger partial charge in [-0.3, -0.25) is 14.5 Å². The molecule has 1 heterocycles. The zero-order chi connectivity index (χ0) is 21.6. The first kappa shape index (κ1) is 23.2. The van der Waals surface area contributed by atoms with Gasteiger partial charge in [-0.1, -0.05) is 26.8 Å². The maximum absolute atomic E-state index is 12.2. The number of nitrogens with one attached hydrogen (secondary N) is 2. The molecule has 29 heavy (non-hydrogen) atoms. The molecule has 7 heteroatoms. The van der Waals surface area contributed by atoms with E-state index in [1.165, 1.54) is 0 Å². The Kier molecular flexibility index (Phi) is 8.05. The Labute approximate surface area is 174 Å². The number of carbonyl (C=O) groups excluding carboxylic acids is 2. The van der Waals surface area contributed by atoms with Crippen molar-refractivity contribution in [1.82, 2.24) is 10.2 Å². The van der Waals surface area contributed by atoms with Crippen LogP contribution in [-0.2, 0) is 14.3 Å². The Hall–Kier alpha value is -2.12. The molecule has 1 aromatic carbocycles. The number of anilines is 1. The van der Waals surface area contributed by atoms with Crippen molar-refractivity contribution in [2.24, 2.45) is 5.41 Å². The standard InChI is InChI=1S/C22H35N3O4/c1-15(22(2,3)4)24-21(27)13-29-17-8-10-19(25(5)12-17)16-7-9-18(23-14-26)20(11-16)28-6/h7,9,11,14-15,17,19H,8,10,12-13H2,1-6H3,(H,23,26)(H,24,27)/t15?,17-,19-/m0/s1. The maximum atomic E-state index is 12.2. The van der Waals surface area contributed by atoms with Crippen molar-refractivity contribution >= 4 is 18.0 Å². The predicted molar refractivity (Wildman–Crippen MR) is 114 cm³/mol. The second-order valence-electron chi connectivity index (χ2n) is 8.84. The topological polar surface area (TPSA) is 79.9 Å². The largest absolute Gasteiger partial charge is 0.495 e. The molecule has 1 fully saturated rings. The van der Waals surface area contributed by atoms with Crippen LogP contribution >= 0.6 is 0 Å². The Morgan fingerprint density at radius 2 is 2.07 bits per heavy atom. The van der Waals surface area contributed by atoms with E-state index in [1.54, 1.807) is 7.11 Å². The Morgan fingerprint density at radius 1 is 1.34 bits per heavy atom. The predicted octanol–water partition coefficient (Wildman–Crippen LogP) is 2.97. The van der Waals surface area contributed by atoms with Gasteiger partial charge in [-0.05, 0) is 49.9 Å². The maximum Gasteiger partial charge on any atom is 0.246 e. The van der Waals surface area contributed by atoms with Crippen LogP contribution in [0.25, 0.3) is 0 Å². The summed E-state index contributed by atoms with van der Waals surface area (Å²) in [6.07, 6.45) is 2.48. The summed E-state index contributed by atoms with van der Waals surface area (Å²) in [5, 5.41) is 5.66. The highest BCUT2D eigenvalue weighted by atomic mass is 16.5. The summed E-state index contributed by atoms with van der Waals surface area (Å²) in [5.41, 5.74) is 1.81. The summed E-state index contributed by atoms with van der Waals surface area (Å²) in [6.45, 7) is 9.16. The van der Waals surface area contributed by atoms with E-state index < -0.39 is 0 Å². The van der Waals surface area contributed by atoms with Crippen LogP contribution in [0.15, 0.2) is 18.2 Å². The molecule has 0 aromatic heterocycles. The molecule has 2 amide bonds. The van der Waals surface area contributed by atoms with Gasteiger partial charge in [-0.15, -0.1) is 0 Å². The van der Waals surface area contributed by atoms with Crippen molar-refractivity contribution in [3.8, 4) is 5.75 Å². The average Bonchev–Trinajstić information content (AvgIpc) is 2.66. The van der Waals surface area contributed by atoms with Gasteiger partial charge in [0.1, 0.15) is 12.4 Å². The first-order chi connectivity index (χ1) is 13.7. The number of hydrogen-bond donors (Lipinski definition) is 2. The first-order valence-electron chi connectivity index (χ1n) is 10.1. The summed E-state index contributed by atoms with van der Waals surface area (Å²) in [4.78, 5) is 25.1. The molecule has 0 aliphatic carbocycles. The number of rotatable bonds is 8. The van der Waals surface area contributed by atoms with E-state index in [0.29, 0.717) is 17.8 Å². The summed E-state index contributed by atoms with van der Waals surface area (Å²) in [6, 6.07) is 6.17. The molecular weight excluding hydrogens is 370 g/mol.